The molecular formula is C27H27N5O2S. The summed E-state index contributed by atoms with van der Waals surface area (Å²) in [5.41, 5.74) is 2.88. The fraction of sp³-hybridized carbons (Fsp3) is 0.222. The molecule has 8 heteroatoms. The molecule has 0 aliphatic rings. The molecule has 0 fully saturated rings. The summed E-state index contributed by atoms with van der Waals surface area (Å²) < 4.78 is 11.5. The Balaban J connectivity index is 1.52. The van der Waals surface area contributed by atoms with Crippen LogP contribution in [0.4, 0.5) is 0 Å². The molecular weight excluding hydrogens is 458 g/mol. The number of fused-ring (bicyclic) bond motifs is 3. The Morgan fingerprint density at radius 3 is 2.40 bits per heavy atom. The molecule has 178 valence electrons. The van der Waals surface area contributed by atoms with Crippen molar-refractivity contribution in [1.82, 2.24) is 23.6 Å². The van der Waals surface area contributed by atoms with Crippen LogP contribution < -0.4 is 10.3 Å². The van der Waals surface area contributed by atoms with E-state index in [0.29, 0.717) is 35.8 Å². The van der Waals surface area contributed by atoms with Crippen LogP contribution in [-0.4, -0.2) is 37.3 Å². The van der Waals surface area contributed by atoms with Crippen molar-refractivity contribution in [2.24, 2.45) is 0 Å². The summed E-state index contributed by atoms with van der Waals surface area (Å²) in [6.07, 6.45) is 0. The molecule has 0 amide bonds. The van der Waals surface area contributed by atoms with Gasteiger partial charge in [0.2, 0.25) is 10.5 Å². The van der Waals surface area contributed by atoms with Crippen LogP contribution in [0.2, 0.25) is 0 Å². The molecule has 5 aromatic rings. The zero-order valence-corrected chi connectivity index (χ0v) is 20.6. The van der Waals surface area contributed by atoms with E-state index < -0.39 is 0 Å². The fourth-order valence-electron chi connectivity index (χ4n) is 4.32. The minimum atomic E-state index is -0.0770. The van der Waals surface area contributed by atoms with Crippen molar-refractivity contribution in [1.29, 1.82) is 0 Å². The monoisotopic (exact) mass is 485 g/mol. The van der Waals surface area contributed by atoms with Gasteiger partial charge >= 0.3 is 0 Å². The highest BCUT2D eigenvalue weighted by atomic mass is 32.1. The average Bonchev–Trinajstić information content (AvgIpc) is 3.19. The molecule has 0 spiro atoms. The molecule has 2 aromatic heterocycles. The van der Waals surface area contributed by atoms with Gasteiger partial charge in [0, 0.05) is 6.54 Å². The standard InChI is InChI=1S/C27H27N5O2S/c1-3-34-22-15-13-21(14-16-22)17-29(2)19-31-27(35)32-24-12-8-7-11-23(24)25(33)30(26(32)28-31)18-20-9-5-4-6-10-20/h4-16H,3,17-19H2,1-2H3. The molecule has 0 unspecified atom stereocenters. The molecule has 0 saturated heterocycles. The first-order valence-corrected chi connectivity index (χ1v) is 12.0. The van der Waals surface area contributed by atoms with E-state index in [1.165, 1.54) is 0 Å². The Morgan fingerprint density at radius 1 is 0.943 bits per heavy atom. The third-order valence-corrected chi connectivity index (χ3v) is 6.32. The number of hydrogen-bond donors (Lipinski definition) is 0. The van der Waals surface area contributed by atoms with Crippen molar-refractivity contribution >= 4 is 28.9 Å². The predicted octanol–water partition coefficient (Wildman–Crippen LogP) is 4.72. The Labute approximate surface area is 208 Å². The molecule has 3 aromatic carbocycles. The highest BCUT2D eigenvalue weighted by molar-refractivity contribution is 7.71. The van der Waals surface area contributed by atoms with E-state index in [1.54, 1.807) is 9.25 Å². The van der Waals surface area contributed by atoms with Gasteiger partial charge in [-0.1, -0.05) is 54.6 Å². The fourth-order valence-corrected chi connectivity index (χ4v) is 4.59. The molecule has 0 atom stereocenters. The van der Waals surface area contributed by atoms with Gasteiger partial charge in [-0.2, -0.15) is 0 Å². The minimum Gasteiger partial charge on any atom is -0.494 e. The van der Waals surface area contributed by atoms with E-state index in [0.717, 1.165) is 28.9 Å². The van der Waals surface area contributed by atoms with Crippen LogP contribution in [0.25, 0.3) is 16.7 Å². The molecule has 0 aliphatic carbocycles. The van der Waals surface area contributed by atoms with Crippen LogP contribution in [0.15, 0.2) is 83.7 Å². The lowest BCUT2D eigenvalue weighted by atomic mass is 10.2. The summed E-state index contributed by atoms with van der Waals surface area (Å²) in [5.74, 6) is 1.40. The minimum absolute atomic E-state index is 0.0770. The maximum Gasteiger partial charge on any atom is 0.263 e. The molecule has 0 aliphatic heterocycles. The number of aromatic nitrogens is 4. The first-order chi connectivity index (χ1) is 17.0. The third-order valence-electron chi connectivity index (χ3n) is 5.93. The van der Waals surface area contributed by atoms with Crippen molar-refractivity contribution in [2.75, 3.05) is 13.7 Å². The lowest BCUT2D eigenvalue weighted by Gasteiger charge is -2.16. The molecule has 5 rings (SSSR count). The van der Waals surface area contributed by atoms with E-state index in [2.05, 4.69) is 17.0 Å². The van der Waals surface area contributed by atoms with Crippen molar-refractivity contribution in [2.45, 2.75) is 26.7 Å². The summed E-state index contributed by atoms with van der Waals surface area (Å²) in [6.45, 7) is 4.25. The average molecular weight is 486 g/mol. The van der Waals surface area contributed by atoms with Crippen molar-refractivity contribution in [3.05, 3.63) is 105 Å². The smallest absolute Gasteiger partial charge is 0.263 e. The number of ether oxygens (including phenoxy) is 1. The first kappa shape index (κ1) is 23.0. The highest BCUT2D eigenvalue weighted by Gasteiger charge is 2.16. The predicted molar refractivity (Wildman–Crippen MR) is 140 cm³/mol. The molecule has 2 heterocycles. The third kappa shape index (κ3) is 4.62. The van der Waals surface area contributed by atoms with Crippen molar-refractivity contribution < 1.29 is 4.74 Å². The second-order valence-corrected chi connectivity index (χ2v) is 8.91. The second-order valence-electron chi connectivity index (χ2n) is 8.54. The van der Waals surface area contributed by atoms with Gasteiger partial charge in [0.25, 0.3) is 5.56 Å². The zero-order chi connectivity index (χ0) is 24.4. The number of benzene rings is 3. The normalized spacial score (nSPS) is 11.5. The molecule has 0 saturated carbocycles. The van der Waals surface area contributed by atoms with Crippen LogP contribution >= 0.6 is 12.2 Å². The van der Waals surface area contributed by atoms with Gasteiger partial charge in [-0.15, -0.1) is 5.10 Å². The largest absolute Gasteiger partial charge is 0.494 e. The summed E-state index contributed by atoms with van der Waals surface area (Å²) in [4.78, 5) is 15.6. The number of para-hydroxylation sites is 1. The van der Waals surface area contributed by atoms with Crippen LogP contribution in [0.1, 0.15) is 18.1 Å². The first-order valence-electron chi connectivity index (χ1n) is 11.6. The Kier molecular flexibility index (Phi) is 6.48. The summed E-state index contributed by atoms with van der Waals surface area (Å²) >= 11 is 5.86. The van der Waals surface area contributed by atoms with Gasteiger partial charge in [-0.3, -0.25) is 18.7 Å². The topological polar surface area (TPSA) is 56.7 Å². The van der Waals surface area contributed by atoms with Gasteiger partial charge in [-0.05, 0) is 61.6 Å². The van der Waals surface area contributed by atoms with E-state index in [-0.39, 0.29) is 5.56 Å². The summed E-state index contributed by atoms with van der Waals surface area (Å²) in [6, 6.07) is 25.6. The Morgan fingerprint density at radius 2 is 1.66 bits per heavy atom. The van der Waals surface area contributed by atoms with Gasteiger partial charge in [-0.25, -0.2) is 4.68 Å². The molecule has 35 heavy (non-hydrogen) atoms. The maximum atomic E-state index is 13.5. The van der Waals surface area contributed by atoms with Crippen molar-refractivity contribution in [3.8, 4) is 5.75 Å². The van der Waals surface area contributed by atoms with E-state index >= 15 is 0 Å². The van der Waals surface area contributed by atoms with Crippen LogP contribution in [0.3, 0.4) is 0 Å². The van der Waals surface area contributed by atoms with Gasteiger partial charge < -0.3 is 4.74 Å². The van der Waals surface area contributed by atoms with Crippen LogP contribution in [-0.2, 0) is 19.8 Å². The lowest BCUT2D eigenvalue weighted by molar-refractivity contribution is 0.244. The molecule has 0 bridgehead atoms. The molecule has 0 radical (unpaired) electrons. The van der Waals surface area contributed by atoms with Crippen LogP contribution in [0, 0.1) is 4.77 Å². The van der Waals surface area contributed by atoms with Crippen molar-refractivity contribution in [3.63, 3.8) is 0 Å². The number of rotatable bonds is 8. The number of hydrogen-bond acceptors (Lipinski definition) is 5. The zero-order valence-electron chi connectivity index (χ0n) is 19.8. The molecule has 0 N–H and O–H groups in total. The Bertz CT molecular complexity index is 1590. The van der Waals surface area contributed by atoms with E-state index in [4.69, 9.17) is 22.1 Å². The maximum absolute atomic E-state index is 13.5. The van der Waals surface area contributed by atoms with Gasteiger partial charge in [0.05, 0.1) is 30.7 Å². The lowest BCUT2D eigenvalue weighted by Crippen LogP contribution is -2.24. The second kappa shape index (κ2) is 9.85. The summed E-state index contributed by atoms with van der Waals surface area (Å²) in [5, 5.41) is 5.44. The number of nitrogens with zero attached hydrogens (tertiary/aromatic N) is 5. The SMILES string of the molecule is CCOc1ccc(CN(C)Cn2nc3n(Cc4ccccc4)c(=O)c4ccccc4n3c2=S)cc1. The van der Waals surface area contributed by atoms with E-state index in [1.807, 2.05) is 85.1 Å². The highest BCUT2D eigenvalue weighted by Crippen LogP contribution is 2.17. The van der Waals surface area contributed by atoms with E-state index in [9.17, 15) is 4.79 Å². The van der Waals surface area contributed by atoms with Gasteiger partial charge in [0.15, 0.2) is 0 Å². The van der Waals surface area contributed by atoms with Gasteiger partial charge in [0.1, 0.15) is 5.75 Å². The Hall–Kier alpha value is -3.75. The summed E-state index contributed by atoms with van der Waals surface area (Å²) in [7, 11) is 2.03. The quantitative estimate of drug-likeness (QED) is 0.298. The molecule has 7 nitrogen and oxygen atoms in total. The van der Waals surface area contributed by atoms with Crippen LogP contribution in [0.5, 0.6) is 5.75 Å².